The van der Waals surface area contributed by atoms with Crippen molar-refractivity contribution in [3.05, 3.63) is 40.3 Å². The van der Waals surface area contributed by atoms with Crippen LogP contribution in [0.2, 0.25) is 0 Å². The van der Waals surface area contributed by atoms with Crippen LogP contribution in [0.1, 0.15) is 5.69 Å². The summed E-state index contributed by atoms with van der Waals surface area (Å²) in [5.74, 6) is 0. The molecule has 72 valence electrons. The number of fused-ring (bicyclic) bond motifs is 1. The molecule has 0 amide bonds. The van der Waals surface area contributed by atoms with Gasteiger partial charge in [-0.3, -0.25) is 4.79 Å². The van der Waals surface area contributed by atoms with E-state index in [0.29, 0.717) is 11.9 Å². The van der Waals surface area contributed by atoms with Gasteiger partial charge < -0.3 is 5.73 Å². The van der Waals surface area contributed by atoms with Gasteiger partial charge in [-0.1, -0.05) is 18.2 Å². The average molecular weight is 190 g/mol. The SMILES string of the molecule is Cn1nc(C[NH3+])c2ccccc2c1=O. The molecule has 0 atom stereocenters. The van der Waals surface area contributed by atoms with Gasteiger partial charge in [-0.25, -0.2) is 4.68 Å². The highest BCUT2D eigenvalue weighted by atomic mass is 16.1. The largest absolute Gasteiger partial charge is 0.352 e. The van der Waals surface area contributed by atoms with E-state index < -0.39 is 0 Å². The highest BCUT2D eigenvalue weighted by Gasteiger charge is 2.06. The van der Waals surface area contributed by atoms with Gasteiger partial charge in [0, 0.05) is 12.4 Å². The summed E-state index contributed by atoms with van der Waals surface area (Å²) in [6, 6.07) is 7.49. The van der Waals surface area contributed by atoms with E-state index >= 15 is 0 Å². The fourth-order valence-corrected chi connectivity index (χ4v) is 1.56. The number of rotatable bonds is 1. The molecule has 4 heteroatoms. The lowest BCUT2D eigenvalue weighted by Crippen LogP contribution is -2.48. The highest BCUT2D eigenvalue weighted by Crippen LogP contribution is 2.11. The van der Waals surface area contributed by atoms with Gasteiger partial charge in [-0.15, -0.1) is 0 Å². The van der Waals surface area contributed by atoms with E-state index in [2.05, 4.69) is 10.8 Å². The predicted molar refractivity (Wildman–Crippen MR) is 53.6 cm³/mol. The zero-order chi connectivity index (χ0) is 10.1. The van der Waals surface area contributed by atoms with Gasteiger partial charge in [-0.05, 0) is 6.07 Å². The highest BCUT2D eigenvalue weighted by molar-refractivity contribution is 5.83. The molecule has 0 bridgehead atoms. The van der Waals surface area contributed by atoms with Crippen molar-refractivity contribution >= 4 is 10.8 Å². The molecule has 0 spiro atoms. The Hall–Kier alpha value is -1.68. The number of benzene rings is 1. The molecule has 2 aromatic rings. The minimum atomic E-state index is -0.0576. The van der Waals surface area contributed by atoms with Crippen LogP contribution in [0.25, 0.3) is 10.8 Å². The Morgan fingerprint density at radius 1 is 1.36 bits per heavy atom. The molecule has 0 aliphatic carbocycles. The van der Waals surface area contributed by atoms with Gasteiger partial charge in [0.1, 0.15) is 12.2 Å². The number of hydrogen-bond acceptors (Lipinski definition) is 2. The summed E-state index contributed by atoms with van der Waals surface area (Å²) >= 11 is 0. The Balaban J connectivity index is 2.97. The number of aromatic nitrogens is 2. The Labute approximate surface area is 81.0 Å². The summed E-state index contributed by atoms with van der Waals surface area (Å²) in [5, 5.41) is 5.78. The Morgan fingerprint density at radius 3 is 2.64 bits per heavy atom. The second-order valence-corrected chi connectivity index (χ2v) is 3.17. The van der Waals surface area contributed by atoms with E-state index in [0.717, 1.165) is 11.1 Å². The van der Waals surface area contributed by atoms with Crippen molar-refractivity contribution < 1.29 is 5.73 Å². The van der Waals surface area contributed by atoms with E-state index in [1.54, 1.807) is 7.05 Å². The van der Waals surface area contributed by atoms with Crippen LogP contribution < -0.4 is 11.3 Å². The molecular formula is C10H12N3O+. The van der Waals surface area contributed by atoms with Crippen LogP contribution in [-0.4, -0.2) is 9.78 Å². The fraction of sp³-hybridized carbons (Fsp3) is 0.200. The van der Waals surface area contributed by atoms with Crippen LogP contribution in [0.4, 0.5) is 0 Å². The van der Waals surface area contributed by atoms with Crippen molar-refractivity contribution in [2.24, 2.45) is 7.05 Å². The molecule has 1 heterocycles. The maximum Gasteiger partial charge on any atom is 0.274 e. The normalized spacial score (nSPS) is 10.7. The van der Waals surface area contributed by atoms with Crippen molar-refractivity contribution in [3.8, 4) is 0 Å². The van der Waals surface area contributed by atoms with Crippen molar-refractivity contribution in [3.63, 3.8) is 0 Å². The molecule has 0 aliphatic heterocycles. The van der Waals surface area contributed by atoms with Crippen LogP contribution in [0.5, 0.6) is 0 Å². The summed E-state index contributed by atoms with van der Waals surface area (Å²) in [7, 11) is 1.66. The number of hydrogen-bond donors (Lipinski definition) is 1. The molecule has 0 aliphatic rings. The third-order valence-corrected chi connectivity index (χ3v) is 2.27. The zero-order valence-electron chi connectivity index (χ0n) is 8.03. The molecule has 0 unspecified atom stereocenters. The molecule has 4 nitrogen and oxygen atoms in total. The fourth-order valence-electron chi connectivity index (χ4n) is 1.56. The summed E-state index contributed by atoms with van der Waals surface area (Å²) in [6.07, 6.45) is 0. The summed E-state index contributed by atoms with van der Waals surface area (Å²) in [5.41, 5.74) is 4.60. The van der Waals surface area contributed by atoms with Gasteiger partial charge in [-0.2, -0.15) is 5.10 Å². The average Bonchev–Trinajstić information content (AvgIpc) is 2.23. The molecule has 1 aromatic heterocycles. The van der Waals surface area contributed by atoms with Gasteiger partial charge in [0.05, 0.1) is 5.39 Å². The van der Waals surface area contributed by atoms with Gasteiger partial charge in [0.25, 0.3) is 5.56 Å². The van der Waals surface area contributed by atoms with Crippen molar-refractivity contribution in [1.29, 1.82) is 0 Å². The Bertz CT molecular complexity index is 530. The van der Waals surface area contributed by atoms with E-state index in [1.807, 2.05) is 24.3 Å². The lowest BCUT2D eigenvalue weighted by Gasteiger charge is -2.03. The number of aryl methyl sites for hydroxylation is 1. The van der Waals surface area contributed by atoms with Crippen LogP contribution in [0.15, 0.2) is 29.1 Å². The minimum absolute atomic E-state index is 0.0576. The first-order valence-corrected chi connectivity index (χ1v) is 4.48. The van der Waals surface area contributed by atoms with Gasteiger partial charge in [0.15, 0.2) is 0 Å². The topological polar surface area (TPSA) is 62.5 Å². The molecule has 0 saturated carbocycles. The summed E-state index contributed by atoms with van der Waals surface area (Å²) in [6.45, 7) is 0.592. The number of quaternary nitrogens is 1. The van der Waals surface area contributed by atoms with E-state index in [1.165, 1.54) is 4.68 Å². The predicted octanol–water partition coefficient (Wildman–Crippen LogP) is -0.325. The van der Waals surface area contributed by atoms with Gasteiger partial charge in [0.2, 0.25) is 0 Å². The minimum Gasteiger partial charge on any atom is -0.352 e. The molecule has 1 aromatic carbocycles. The summed E-state index contributed by atoms with van der Waals surface area (Å²) in [4.78, 5) is 11.7. The van der Waals surface area contributed by atoms with Crippen LogP contribution in [0, 0.1) is 0 Å². The first-order chi connectivity index (χ1) is 6.74. The lowest BCUT2D eigenvalue weighted by atomic mass is 10.1. The lowest BCUT2D eigenvalue weighted by molar-refractivity contribution is -0.387. The van der Waals surface area contributed by atoms with Crippen molar-refractivity contribution in [2.45, 2.75) is 6.54 Å². The maximum atomic E-state index is 11.7. The first kappa shape index (κ1) is 8.90. The molecule has 14 heavy (non-hydrogen) atoms. The Kier molecular flexibility index (Phi) is 2.05. The monoisotopic (exact) mass is 190 g/mol. The number of nitrogens with zero attached hydrogens (tertiary/aromatic N) is 2. The summed E-state index contributed by atoms with van der Waals surface area (Å²) < 4.78 is 1.36. The second-order valence-electron chi connectivity index (χ2n) is 3.17. The molecule has 0 fully saturated rings. The van der Waals surface area contributed by atoms with Crippen LogP contribution in [-0.2, 0) is 13.6 Å². The standard InChI is InChI=1S/C10H11N3O/c1-13-10(14)8-5-3-2-4-7(8)9(6-11)12-13/h2-5H,6,11H2,1H3/p+1. The third-order valence-electron chi connectivity index (χ3n) is 2.27. The molecule has 0 radical (unpaired) electrons. The molecule has 3 N–H and O–H groups in total. The van der Waals surface area contributed by atoms with Crippen molar-refractivity contribution in [2.75, 3.05) is 0 Å². The smallest absolute Gasteiger partial charge is 0.274 e. The third kappa shape index (κ3) is 1.20. The second kappa shape index (κ2) is 3.23. The van der Waals surface area contributed by atoms with Crippen LogP contribution in [0.3, 0.4) is 0 Å². The molecular weight excluding hydrogens is 178 g/mol. The van der Waals surface area contributed by atoms with Crippen LogP contribution >= 0.6 is 0 Å². The quantitative estimate of drug-likeness (QED) is 0.669. The maximum absolute atomic E-state index is 11.7. The Morgan fingerprint density at radius 2 is 2.00 bits per heavy atom. The molecule has 2 rings (SSSR count). The van der Waals surface area contributed by atoms with Gasteiger partial charge >= 0.3 is 0 Å². The zero-order valence-corrected chi connectivity index (χ0v) is 8.03. The first-order valence-electron chi connectivity index (χ1n) is 4.48. The van der Waals surface area contributed by atoms with E-state index in [-0.39, 0.29) is 5.56 Å². The van der Waals surface area contributed by atoms with Crippen molar-refractivity contribution in [1.82, 2.24) is 9.78 Å². The molecule has 0 saturated heterocycles. The van der Waals surface area contributed by atoms with E-state index in [4.69, 9.17) is 0 Å². The van der Waals surface area contributed by atoms with E-state index in [9.17, 15) is 4.79 Å².